The Hall–Kier alpha value is -3.65. The van der Waals surface area contributed by atoms with Crippen LogP contribution in [-0.4, -0.2) is 32.2 Å². The number of carbonyl (C=O) groups is 2. The number of hydrogen-bond donors (Lipinski definition) is 2. The zero-order chi connectivity index (χ0) is 22.5. The van der Waals surface area contributed by atoms with E-state index in [9.17, 15) is 9.59 Å². The Bertz CT molecular complexity index is 1270. The monoisotopic (exact) mass is 445 g/mol. The van der Waals surface area contributed by atoms with Crippen molar-refractivity contribution in [1.82, 2.24) is 19.9 Å². The predicted octanol–water partition coefficient (Wildman–Crippen LogP) is 4.01. The second kappa shape index (κ2) is 9.65. The maximum Gasteiger partial charge on any atom is 0.253 e. The Morgan fingerprint density at radius 1 is 0.969 bits per heavy atom. The van der Waals surface area contributed by atoms with Crippen molar-refractivity contribution < 1.29 is 9.59 Å². The Morgan fingerprint density at radius 3 is 2.53 bits per heavy atom. The predicted molar refractivity (Wildman–Crippen MR) is 126 cm³/mol. The molecule has 0 saturated carbocycles. The highest BCUT2D eigenvalue weighted by Gasteiger charge is 2.13. The number of pyridine rings is 1. The SMILES string of the molecule is Cc1ccc(CNC(=O)c2ccc3nnc(SCC(=O)Nc4ccccc4C)n3c2)cc1. The van der Waals surface area contributed by atoms with Crippen LogP contribution in [0.15, 0.2) is 72.0 Å². The second-order valence-electron chi connectivity index (χ2n) is 7.45. The van der Waals surface area contributed by atoms with E-state index in [1.807, 2.05) is 62.4 Å². The molecule has 0 spiro atoms. The number of nitrogens with zero attached hydrogens (tertiary/aromatic N) is 3. The Labute approximate surface area is 190 Å². The maximum absolute atomic E-state index is 12.6. The van der Waals surface area contributed by atoms with Gasteiger partial charge in [-0.15, -0.1) is 10.2 Å². The third-order valence-electron chi connectivity index (χ3n) is 4.96. The zero-order valence-corrected chi connectivity index (χ0v) is 18.6. The lowest BCUT2D eigenvalue weighted by atomic mass is 10.1. The lowest BCUT2D eigenvalue weighted by molar-refractivity contribution is -0.113. The van der Waals surface area contributed by atoms with Crippen molar-refractivity contribution >= 4 is 34.9 Å². The topological polar surface area (TPSA) is 88.4 Å². The number of thioether (sulfide) groups is 1. The lowest BCUT2D eigenvalue weighted by Gasteiger charge is -2.08. The molecule has 0 aliphatic heterocycles. The van der Waals surface area contributed by atoms with Crippen LogP contribution >= 0.6 is 11.8 Å². The van der Waals surface area contributed by atoms with Crippen molar-refractivity contribution in [3.8, 4) is 0 Å². The van der Waals surface area contributed by atoms with Crippen LogP contribution in [0.5, 0.6) is 0 Å². The van der Waals surface area contributed by atoms with E-state index in [-0.39, 0.29) is 17.6 Å². The number of para-hydroxylation sites is 1. The number of amides is 2. The molecule has 0 saturated heterocycles. The number of anilines is 1. The van der Waals surface area contributed by atoms with Gasteiger partial charge in [0.05, 0.1) is 11.3 Å². The summed E-state index contributed by atoms with van der Waals surface area (Å²) in [5.41, 5.74) is 5.11. The van der Waals surface area contributed by atoms with Crippen LogP contribution in [0.2, 0.25) is 0 Å². The number of benzene rings is 2. The molecule has 0 unspecified atom stereocenters. The average Bonchev–Trinajstić information content (AvgIpc) is 3.21. The normalized spacial score (nSPS) is 10.8. The van der Waals surface area contributed by atoms with Crippen LogP contribution < -0.4 is 10.6 Å². The summed E-state index contributed by atoms with van der Waals surface area (Å²) < 4.78 is 1.73. The summed E-state index contributed by atoms with van der Waals surface area (Å²) in [6.45, 7) is 4.42. The number of carbonyl (C=O) groups excluding carboxylic acids is 2. The minimum atomic E-state index is -0.186. The quantitative estimate of drug-likeness (QED) is 0.420. The van der Waals surface area contributed by atoms with Crippen LogP contribution in [0, 0.1) is 13.8 Å². The molecule has 0 bridgehead atoms. The molecule has 4 rings (SSSR count). The van der Waals surface area contributed by atoms with Crippen molar-refractivity contribution in [3.63, 3.8) is 0 Å². The van der Waals surface area contributed by atoms with Crippen molar-refractivity contribution in [2.24, 2.45) is 0 Å². The fourth-order valence-electron chi connectivity index (χ4n) is 3.12. The Balaban J connectivity index is 1.40. The van der Waals surface area contributed by atoms with Gasteiger partial charge >= 0.3 is 0 Å². The minimum absolute atomic E-state index is 0.131. The fourth-order valence-corrected chi connectivity index (χ4v) is 3.84. The highest BCUT2D eigenvalue weighted by atomic mass is 32.2. The van der Waals surface area contributed by atoms with Crippen molar-refractivity contribution in [2.45, 2.75) is 25.5 Å². The molecule has 32 heavy (non-hydrogen) atoms. The zero-order valence-electron chi connectivity index (χ0n) is 17.8. The summed E-state index contributed by atoms with van der Waals surface area (Å²) in [5.74, 6) is -0.138. The third-order valence-corrected chi connectivity index (χ3v) is 5.90. The molecular weight excluding hydrogens is 422 g/mol. The molecule has 2 N–H and O–H groups in total. The van der Waals surface area contributed by atoms with Crippen LogP contribution in [-0.2, 0) is 11.3 Å². The van der Waals surface area contributed by atoms with Crippen molar-refractivity contribution in [2.75, 3.05) is 11.1 Å². The molecule has 162 valence electrons. The van der Waals surface area contributed by atoms with Gasteiger partial charge in [0.25, 0.3) is 5.91 Å². The summed E-state index contributed by atoms with van der Waals surface area (Å²) in [5, 5.41) is 14.7. The molecule has 0 radical (unpaired) electrons. The highest BCUT2D eigenvalue weighted by Crippen LogP contribution is 2.19. The number of aromatic nitrogens is 3. The van der Waals surface area contributed by atoms with E-state index >= 15 is 0 Å². The third kappa shape index (κ3) is 5.15. The van der Waals surface area contributed by atoms with Gasteiger partial charge < -0.3 is 10.6 Å². The number of nitrogens with one attached hydrogen (secondary N) is 2. The highest BCUT2D eigenvalue weighted by molar-refractivity contribution is 7.99. The molecule has 0 aliphatic rings. The largest absolute Gasteiger partial charge is 0.348 e. The molecule has 0 atom stereocenters. The van der Waals surface area contributed by atoms with Gasteiger partial charge in [0, 0.05) is 18.4 Å². The first-order chi connectivity index (χ1) is 15.5. The number of aryl methyl sites for hydroxylation is 2. The molecule has 2 heterocycles. The molecular formula is C24H23N5O2S. The number of fused-ring (bicyclic) bond motifs is 1. The van der Waals surface area contributed by atoms with Gasteiger partial charge in [-0.25, -0.2) is 0 Å². The maximum atomic E-state index is 12.6. The molecule has 0 aliphatic carbocycles. The van der Waals surface area contributed by atoms with E-state index in [2.05, 4.69) is 20.8 Å². The molecule has 8 heteroatoms. The molecule has 2 amide bonds. The summed E-state index contributed by atoms with van der Waals surface area (Å²) in [7, 11) is 0. The van der Waals surface area contributed by atoms with Gasteiger partial charge in [0.1, 0.15) is 0 Å². The summed E-state index contributed by atoms with van der Waals surface area (Å²) in [4.78, 5) is 25.0. The lowest BCUT2D eigenvalue weighted by Crippen LogP contribution is -2.23. The first-order valence-corrected chi connectivity index (χ1v) is 11.1. The molecule has 4 aromatic rings. The standard InChI is InChI=1S/C24H23N5O2S/c1-16-7-9-18(10-8-16)13-25-23(31)19-11-12-21-27-28-24(29(21)14-19)32-15-22(30)26-20-6-4-3-5-17(20)2/h3-12,14H,13,15H2,1-2H3,(H,25,31)(H,26,30). The average molecular weight is 446 g/mol. The summed E-state index contributed by atoms with van der Waals surface area (Å²) >= 11 is 1.27. The number of rotatable bonds is 7. The van der Waals surface area contributed by atoms with E-state index in [1.54, 1.807) is 22.7 Å². The van der Waals surface area contributed by atoms with Crippen LogP contribution in [0.4, 0.5) is 5.69 Å². The van der Waals surface area contributed by atoms with Gasteiger partial charge in [0.2, 0.25) is 5.91 Å². The summed E-state index contributed by atoms with van der Waals surface area (Å²) in [6.07, 6.45) is 1.70. The Morgan fingerprint density at radius 2 is 1.75 bits per heavy atom. The number of hydrogen-bond acceptors (Lipinski definition) is 5. The minimum Gasteiger partial charge on any atom is -0.348 e. The van der Waals surface area contributed by atoms with E-state index < -0.39 is 0 Å². The van der Waals surface area contributed by atoms with Crippen molar-refractivity contribution in [1.29, 1.82) is 0 Å². The van der Waals surface area contributed by atoms with Crippen LogP contribution in [0.3, 0.4) is 0 Å². The van der Waals surface area contributed by atoms with Crippen molar-refractivity contribution in [3.05, 3.63) is 89.1 Å². The molecule has 2 aromatic heterocycles. The van der Waals surface area contributed by atoms with Gasteiger partial charge in [-0.1, -0.05) is 59.8 Å². The van der Waals surface area contributed by atoms with E-state index in [0.29, 0.717) is 22.9 Å². The van der Waals surface area contributed by atoms with Crippen LogP contribution in [0.25, 0.3) is 5.65 Å². The van der Waals surface area contributed by atoms with E-state index in [4.69, 9.17) is 0 Å². The van der Waals surface area contributed by atoms with E-state index in [1.165, 1.54) is 17.3 Å². The molecule has 0 fully saturated rings. The second-order valence-corrected chi connectivity index (χ2v) is 8.39. The van der Waals surface area contributed by atoms with Gasteiger partial charge in [0.15, 0.2) is 10.8 Å². The van der Waals surface area contributed by atoms with Gasteiger partial charge in [-0.05, 0) is 43.2 Å². The van der Waals surface area contributed by atoms with Gasteiger partial charge in [-0.2, -0.15) is 0 Å². The fraction of sp³-hybridized carbons (Fsp3) is 0.167. The smallest absolute Gasteiger partial charge is 0.253 e. The van der Waals surface area contributed by atoms with Crippen LogP contribution in [0.1, 0.15) is 27.0 Å². The van der Waals surface area contributed by atoms with E-state index in [0.717, 1.165) is 16.8 Å². The first-order valence-electron chi connectivity index (χ1n) is 10.2. The molecule has 7 nitrogen and oxygen atoms in total. The van der Waals surface area contributed by atoms with Gasteiger partial charge in [-0.3, -0.25) is 14.0 Å². The first kappa shape index (κ1) is 21.6. The molecule has 2 aromatic carbocycles. The summed E-state index contributed by atoms with van der Waals surface area (Å²) in [6, 6.07) is 19.1. The Kier molecular flexibility index (Phi) is 6.51.